The van der Waals surface area contributed by atoms with Gasteiger partial charge in [-0.3, -0.25) is 4.79 Å². The summed E-state index contributed by atoms with van der Waals surface area (Å²) in [6.07, 6.45) is 0.341. The predicted molar refractivity (Wildman–Crippen MR) is 169 cm³/mol. The fraction of sp³-hybridized carbons (Fsp3) is 0.216. The predicted octanol–water partition coefficient (Wildman–Crippen LogP) is 10.2. The first kappa shape index (κ1) is 25.0. The van der Waals surface area contributed by atoms with E-state index in [-0.39, 0.29) is 16.9 Å². The smallest absolute Gasteiger partial charge is 0.293 e. The minimum Gasteiger partial charge on any atom is -0.519 e. The van der Waals surface area contributed by atoms with Gasteiger partial charge in [-0.05, 0) is 84.5 Å². The second-order valence-corrected chi connectivity index (χ2v) is 17.5. The van der Waals surface area contributed by atoms with Crippen LogP contribution in [0.15, 0.2) is 97.1 Å². The average molecular weight is 539 g/mol. The minimum absolute atomic E-state index is 0.0350. The Morgan fingerprint density at radius 2 is 1.32 bits per heavy atom. The van der Waals surface area contributed by atoms with E-state index in [2.05, 4.69) is 131 Å². The Morgan fingerprint density at radius 1 is 0.700 bits per heavy atom. The van der Waals surface area contributed by atoms with Crippen molar-refractivity contribution >= 4 is 25.1 Å². The molecule has 0 aromatic heterocycles. The van der Waals surface area contributed by atoms with E-state index in [1.807, 2.05) is 0 Å². The van der Waals surface area contributed by atoms with Crippen LogP contribution in [0.5, 0.6) is 0 Å². The number of carbonyl (C=O) groups is 1. The molecule has 2 nitrogen and oxygen atoms in total. The van der Waals surface area contributed by atoms with E-state index in [1.54, 1.807) is 0 Å². The third-order valence-electron chi connectivity index (χ3n) is 9.42. The van der Waals surface area contributed by atoms with E-state index in [4.69, 9.17) is 4.43 Å². The van der Waals surface area contributed by atoms with E-state index in [1.165, 1.54) is 66.4 Å². The van der Waals surface area contributed by atoms with Crippen molar-refractivity contribution < 1.29 is 9.22 Å². The molecule has 40 heavy (non-hydrogen) atoms. The third kappa shape index (κ3) is 3.57. The molecule has 0 N–H and O–H groups in total. The first-order valence-electron chi connectivity index (χ1n) is 14.3. The Morgan fingerprint density at radius 3 is 2.05 bits per heavy atom. The van der Waals surface area contributed by atoms with Crippen LogP contribution in [0.4, 0.5) is 0 Å². The number of fused-ring (bicyclic) bond motifs is 7. The third-order valence-corrected chi connectivity index (χ3v) is 13.8. The molecule has 0 saturated heterocycles. The molecule has 0 bridgehead atoms. The molecule has 7 rings (SSSR count). The Balaban J connectivity index is 1.53. The minimum atomic E-state index is -2.25. The molecule has 1 atom stereocenters. The molecule has 5 aromatic rings. The van der Waals surface area contributed by atoms with Crippen LogP contribution in [-0.2, 0) is 9.22 Å². The van der Waals surface area contributed by atoms with Crippen molar-refractivity contribution in [3.63, 3.8) is 0 Å². The highest BCUT2D eigenvalue weighted by atomic mass is 28.4. The van der Waals surface area contributed by atoms with E-state index < -0.39 is 8.32 Å². The second kappa shape index (κ2) is 8.77. The maximum absolute atomic E-state index is 13.8. The van der Waals surface area contributed by atoms with Gasteiger partial charge in [-0.1, -0.05) is 118 Å². The second-order valence-electron chi connectivity index (χ2n) is 12.8. The van der Waals surface area contributed by atoms with Gasteiger partial charge in [0, 0.05) is 5.92 Å². The number of hydrogen-bond acceptors (Lipinski definition) is 2. The highest BCUT2D eigenvalue weighted by Crippen LogP contribution is 2.61. The van der Waals surface area contributed by atoms with E-state index in [9.17, 15) is 4.79 Å². The van der Waals surface area contributed by atoms with Crippen molar-refractivity contribution in [1.82, 2.24) is 0 Å². The van der Waals surface area contributed by atoms with Crippen LogP contribution >= 0.6 is 0 Å². The summed E-state index contributed by atoms with van der Waals surface area (Å²) in [6.45, 7) is 10.9. The molecule has 0 spiro atoms. The summed E-state index contributed by atoms with van der Waals surface area (Å²) < 4.78 is 6.35. The lowest BCUT2D eigenvalue weighted by Crippen LogP contribution is -2.42. The zero-order valence-electron chi connectivity index (χ0n) is 23.8. The molecule has 2 aliphatic rings. The first-order chi connectivity index (χ1) is 19.2. The normalized spacial score (nSPS) is 15.1. The van der Waals surface area contributed by atoms with Crippen LogP contribution in [0.25, 0.3) is 55.3 Å². The Hall–Kier alpha value is -3.95. The van der Waals surface area contributed by atoms with Gasteiger partial charge in [-0.25, -0.2) is 0 Å². The van der Waals surface area contributed by atoms with Crippen molar-refractivity contribution in [2.24, 2.45) is 0 Å². The lowest BCUT2D eigenvalue weighted by Gasteiger charge is -2.35. The number of carbonyl (C=O) groups excluding carboxylic acids is 1. The molecule has 0 aliphatic heterocycles. The molecule has 0 radical (unpaired) electrons. The summed E-state index contributed by atoms with van der Waals surface area (Å²) in [5, 5.41) is 2.54. The van der Waals surface area contributed by atoms with Crippen molar-refractivity contribution in [2.45, 2.75) is 51.2 Å². The van der Waals surface area contributed by atoms with Crippen molar-refractivity contribution in [3.05, 3.63) is 108 Å². The summed E-state index contributed by atoms with van der Waals surface area (Å²) >= 11 is 0. The molecule has 0 fully saturated rings. The van der Waals surface area contributed by atoms with Crippen molar-refractivity contribution in [2.75, 3.05) is 0 Å². The Labute approximate surface area is 237 Å². The molecule has 0 amide bonds. The lowest BCUT2D eigenvalue weighted by atomic mass is 9.82. The zero-order chi connectivity index (χ0) is 27.8. The molecule has 0 heterocycles. The summed E-state index contributed by atoms with van der Waals surface area (Å²) in [5.74, 6) is -0.156. The van der Waals surface area contributed by atoms with Crippen molar-refractivity contribution in [3.8, 4) is 44.5 Å². The molecule has 198 valence electrons. The Kier molecular flexibility index (Phi) is 5.49. The zero-order valence-corrected chi connectivity index (χ0v) is 24.8. The fourth-order valence-electron chi connectivity index (χ4n) is 6.57. The molecule has 3 heteroatoms. The highest BCUT2D eigenvalue weighted by Gasteiger charge is 2.43. The van der Waals surface area contributed by atoms with Gasteiger partial charge in [0.15, 0.2) is 0 Å². The first-order valence-corrected chi connectivity index (χ1v) is 17.2. The summed E-state index contributed by atoms with van der Waals surface area (Å²) in [4.78, 5) is 13.8. The molecular weight excluding hydrogens is 504 g/mol. The van der Waals surface area contributed by atoms with Gasteiger partial charge in [-0.2, -0.15) is 0 Å². The SMILES string of the molecule is CC(C)(C)[Si](C)(C)OC(=O)CC1c2ccccc2-c2c1c1c3c(cccc3c2-c2ccccc2)-c2ccccc2-1. The van der Waals surface area contributed by atoms with Crippen LogP contribution in [0, 0.1) is 0 Å². The lowest BCUT2D eigenvalue weighted by molar-refractivity contribution is -0.135. The van der Waals surface area contributed by atoms with Gasteiger partial charge in [0.1, 0.15) is 0 Å². The van der Waals surface area contributed by atoms with Gasteiger partial charge in [-0.15, -0.1) is 0 Å². The quantitative estimate of drug-likeness (QED) is 0.209. The summed E-state index contributed by atoms with van der Waals surface area (Å²) in [7, 11) is -2.25. The van der Waals surface area contributed by atoms with Crippen LogP contribution in [0.2, 0.25) is 18.1 Å². The highest BCUT2D eigenvalue weighted by molar-refractivity contribution is 6.75. The van der Waals surface area contributed by atoms with E-state index in [0.717, 1.165) is 0 Å². The maximum atomic E-state index is 13.8. The standard InChI is InChI=1S/C37H34O2Si/c1-37(2,3)40(4,5)39-31(38)22-30-25-17-10-12-19-28(25)34-32(23-14-7-6-8-15-23)29-21-13-20-26-24-16-9-11-18-27(24)35(33(26)29)36(30)34/h6-21,30H,22H2,1-5H3. The van der Waals surface area contributed by atoms with Gasteiger partial charge < -0.3 is 4.43 Å². The molecule has 5 aromatic carbocycles. The van der Waals surface area contributed by atoms with Gasteiger partial charge in [0.2, 0.25) is 0 Å². The monoisotopic (exact) mass is 538 g/mol. The van der Waals surface area contributed by atoms with Gasteiger partial charge in [0.05, 0.1) is 6.42 Å². The molecule has 1 unspecified atom stereocenters. The van der Waals surface area contributed by atoms with Gasteiger partial charge >= 0.3 is 0 Å². The average Bonchev–Trinajstić information content (AvgIpc) is 3.43. The van der Waals surface area contributed by atoms with Gasteiger partial charge in [0.25, 0.3) is 14.3 Å². The number of rotatable bonds is 4. The van der Waals surface area contributed by atoms with E-state index in [0.29, 0.717) is 6.42 Å². The maximum Gasteiger partial charge on any atom is 0.293 e. The number of benzene rings is 5. The molecule has 2 aliphatic carbocycles. The summed E-state index contributed by atoms with van der Waals surface area (Å²) in [5.41, 5.74) is 12.6. The molecule has 0 saturated carbocycles. The number of hydrogen-bond donors (Lipinski definition) is 0. The van der Waals surface area contributed by atoms with E-state index >= 15 is 0 Å². The fourth-order valence-corrected chi connectivity index (χ4v) is 7.53. The van der Waals surface area contributed by atoms with Crippen LogP contribution in [-0.4, -0.2) is 14.3 Å². The van der Waals surface area contributed by atoms with Crippen LogP contribution in [0.1, 0.15) is 44.2 Å². The van der Waals surface area contributed by atoms with Crippen LogP contribution < -0.4 is 0 Å². The van der Waals surface area contributed by atoms with Crippen molar-refractivity contribution in [1.29, 1.82) is 0 Å². The topological polar surface area (TPSA) is 26.3 Å². The molecular formula is C37H34O2Si. The Bertz CT molecular complexity index is 1830. The van der Waals surface area contributed by atoms with Crippen LogP contribution in [0.3, 0.4) is 0 Å². The summed E-state index contributed by atoms with van der Waals surface area (Å²) in [6, 6.07) is 34.9. The largest absolute Gasteiger partial charge is 0.519 e.